The summed E-state index contributed by atoms with van der Waals surface area (Å²) in [6, 6.07) is 7.70. The fourth-order valence-corrected chi connectivity index (χ4v) is 3.17. The first-order chi connectivity index (χ1) is 11.5. The normalized spacial score (nSPS) is 17.8. The van der Waals surface area contributed by atoms with Gasteiger partial charge in [0.1, 0.15) is 5.82 Å². The van der Waals surface area contributed by atoms with Crippen molar-refractivity contribution in [1.82, 2.24) is 15.2 Å². The number of benzene rings is 1. The highest BCUT2D eigenvalue weighted by Gasteiger charge is 2.30. The van der Waals surface area contributed by atoms with Gasteiger partial charge in [-0.15, -0.1) is 0 Å². The molecular formula is C18H20N4O2. The molecule has 1 aromatic carbocycles. The van der Waals surface area contributed by atoms with Gasteiger partial charge >= 0.3 is 6.03 Å². The van der Waals surface area contributed by atoms with Crippen LogP contribution in [0.3, 0.4) is 0 Å². The van der Waals surface area contributed by atoms with E-state index in [4.69, 9.17) is 4.74 Å². The zero-order chi connectivity index (χ0) is 17.4. The Morgan fingerprint density at radius 1 is 1.38 bits per heavy atom. The lowest BCUT2D eigenvalue weighted by Gasteiger charge is -2.31. The largest absolute Gasteiger partial charge is 0.358 e. The van der Waals surface area contributed by atoms with Crippen LogP contribution in [0, 0.1) is 24.2 Å². The number of carbonyl (C=O) groups is 1. The third kappa shape index (κ3) is 2.53. The second kappa shape index (κ2) is 6.02. The van der Waals surface area contributed by atoms with Crippen molar-refractivity contribution in [3.8, 4) is 6.07 Å². The van der Waals surface area contributed by atoms with Gasteiger partial charge in [0.15, 0.2) is 6.23 Å². The van der Waals surface area contributed by atoms with E-state index < -0.39 is 6.23 Å². The van der Waals surface area contributed by atoms with Crippen LogP contribution in [-0.4, -0.2) is 23.9 Å². The third-order valence-electron chi connectivity index (χ3n) is 4.22. The summed E-state index contributed by atoms with van der Waals surface area (Å²) in [5, 5.41) is 15.9. The maximum atomic E-state index is 12.0. The molecule has 2 heterocycles. The lowest BCUT2D eigenvalue weighted by atomic mass is 10.00. The van der Waals surface area contributed by atoms with E-state index in [9.17, 15) is 10.1 Å². The molecule has 1 aromatic heterocycles. The molecule has 0 spiro atoms. The van der Waals surface area contributed by atoms with Gasteiger partial charge in [0.25, 0.3) is 0 Å². The SMILES string of the molecule is COC1NC(=O)NC(n2ccc3c(C#N)cc(C)cc32)=C1C(C)C. The molecule has 124 valence electrons. The molecule has 1 aliphatic heterocycles. The second-order valence-electron chi connectivity index (χ2n) is 6.22. The number of methoxy groups -OCH3 is 1. The van der Waals surface area contributed by atoms with Gasteiger partial charge in [-0.2, -0.15) is 5.26 Å². The molecule has 0 bridgehead atoms. The number of nitrogens with one attached hydrogen (secondary N) is 2. The maximum Gasteiger partial charge on any atom is 0.322 e. The van der Waals surface area contributed by atoms with Gasteiger partial charge in [0, 0.05) is 24.3 Å². The molecule has 1 atom stereocenters. The average Bonchev–Trinajstić information content (AvgIpc) is 2.96. The maximum absolute atomic E-state index is 12.0. The molecule has 3 rings (SSSR count). The summed E-state index contributed by atoms with van der Waals surface area (Å²) in [6.07, 6.45) is 1.40. The molecular weight excluding hydrogens is 304 g/mol. The van der Waals surface area contributed by atoms with Gasteiger partial charge in [-0.25, -0.2) is 4.79 Å². The summed E-state index contributed by atoms with van der Waals surface area (Å²) in [4.78, 5) is 12.0. The van der Waals surface area contributed by atoms with E-state index in [2.05, 4.69) is 30.6 Å². The molecule has 2 aromatic rings. The number of nitrogens with zero attached hydrogens (tertiary/aromatic N) is 2. The number of urea groups is 1. The number of ether oxygens (including phenoxy) is 1. The first-order valence-electron chi connectivity index (χ1n) is 7.82. The Kier molecular flexibility index (Phi) is 4.04. The Labute approximate surface area is 140 Å². The average molecular weight is 324 g/mol. The van der Waals surface area contributed by atoms with Crippen molar-refractivity contribution in [2.24, 2.45) is 5.92 Å². The Hall–Kier alpha value is -2.78. The highest BCUT2D eigenvalue weighted by Crippen LogP contribution is 2.29. The molecule has 1 unspecified atom stereocenters. The fourth-order valence-electron chi connectivity index (χ4n) is 3.17. The van der Waals surface area contributed by atoms with E-state index in [-0.39, 0.29) is 11.9 Å². The molecule has 0 fully saturated rings. The number of aryl methyl sites for hydroxylation is 1. The summed E-state index contributed by atoms with van der Waals surface area (Å²) in [6.45, 7) is 6.06. The predicted octanol–water partition coefficient (Wildman–Crippen LogP) is 2.93. The summed E-state index contributed by atoms with van der Waals surface area (Å²) >= 11 is 0. The van der Waals surface area contributed by atoms with E-state index in [1.54, 1.807) is 7.11 Å². The van der Waals surface area contributed by atoms with Crippen molar-refractivity contribution in [2.45, 2.75) is 27.0 Å². The molecule has 0 saturated carbocycles. The first kappa shape index (κ1) is 16.1. The van der Waals surface area contributed by atoms with E-state index in [1.165, 1.54) is 0 Å². The van der Waals surface area contributed by atoms with Crippen molar-refractivity contribution in [1.29, 1.82) is 5.26 Å². The van der Waals surface area contributed by atoms with Crippen LogP contribution in [0.15, 0.2) is 30.0 Å². The van der Waals surface area contributed by atoms with Gasteiger partial charge in [-0.05, 0) is 36.6 Å². The van der Waals surface area contributed by atoms with Crippen molar-refractivity contribution in [3.05, 3.63) is 41.1 Å². The minimum atomic E-state index is -0.480. The van der Waals surface area contributed by atoms with Crippen molar-refractivity contribution in [2.75, 3.05) is 7.11 Å². The molecule has 24 heavy (non-hydrogen) atoms. The number of amides is 2. The number of aromatic nitrogens is 1. The van der Waals surface area contributed by atoms with Crippen LogP contribution in [0.5, 0.6) is 0 Å². The zero-order valence-corrected chi connectivity index (χ0v) is 14.2. The minimum Gasteiger partial charge on any atom is -0.358 e. The van der Waals surface area contributed by atoms with Crippen molar-refractivity contribution < 1.29 is 9.53 Å². The minimum absolute atomic E-state index is 0.163. The number of fused-ring (bicyclic) bond motifs is 1. The number of hydrogen-bond acceptors (Lipinski definition) is 3. The Morgan fingerprint density at radius 2 is 2.12 bits per heavy atom. The van der Waals surface area contributed by atoms with Gasteiger partial charge < -0.3 is 14.6 Å². The molecule has 6 nitrogen and oxygen atoms in total. The van der Waals surface area contributed by atoms with Crippen LogP contribution in [0.25, 0.3) is 16.7 Å². The number of hydrogen-bond donors (Lipinski definition) is 2. The summed E-state index contributed by atoms with van der Waals surface area (Å²) in [5.74, 6) is 0.848. The van der Waals surface area contributed by atoms with Crippen molar-refractivity contribution >= 4 is 22.8 Å². The van der Waals surface area contributed by atoms with E-state index >= 15 is 0 Å². The highest BCUT2D eigenvalue weighted by molar-refractivity contribution is 5.92. The topological polar surface area (TPSA) is 79.1 Å². The number of rotatable bonds is 3. The lowest BCUT2D eigenvalue weighted by Crippen LogP contribution is -2.50. The van der Waals surface area contributed by atoms with E-state index in [1.807, 2.05) is 35.9 Å². The Balaban J connectivity index is 2.30. The Bertz CT molecular complexity index is 886. The summed E-state index contributed by atoms with van der Waals surface area (Å²) in [7, 11) is 1.57. The van der Waals surface area contributed by atoms with Crippen LogP contribution in [0.1, 0.15) is 25.0 Å². The molecule has 0 aliphatic carbocycles. The molecule has 0 radical (unpaired) electrons. The Morgan fingerprint density at radius 3 is 2.75 bits per heavy atom. The fraction of sp³-hybridized carbons (Fsp3) is 0.333. The van der Waals surface area contributed by atoms with E-state index in [0.717, 1.165) is 22.0 Å². The quantitative estimate of drug-likeness (QED) is 0.911. The zero-order valence-electron chi connectivity index (χ0n) is 14.2. The molecule has 2 N–H and O–H groups in total. The number of carbonyl (C=O) groups excluding carboxylic acids is 1. The lowest BCUT2D eigenvalue weighted by molar-refractivity contribution is 0.0988. The number of nitriles is 1. The molecule has 6 heteroatoms. The van der Waals surface area contributed by atoms with Gasteiger partial charge in [0.2, 0.25) is 0 Å². The molecule has 1 aliphatic rings. The van der Waals surface area contributed by atoms with Gasteiger partial charge in [-0.3, -0.25) is 5.32 Å². The van der Waals surface area contributed by atoms with Gasteiger partial charge in [0.05, 0.1) is 17.1 Å². The monoisotopic (exact) mass is 324 g/mol. The van der Waals surface area contributed by atoms with Crippen LogP contribution in [0.4, 0.5) is 4.79 Å². The third-order valence-corrected chi connectivity index (χ3v) is 4.22. The van der Waals surface area contributed by atoms with Crippen LogP contribution < -0.4 is 10.6 Å². The highest BCUT2D eigenvalue weighted by atomic mass is 16.5. The smallest absolute Gasteiger partial charge is 0.322 e. The van der Waals surface area contributed by atoms with Crippen LogP contribution in [0.2, 0.25) is 0 Å². The molecule has 2 amide bonds. The van der Waals surface area contributed by atoms with Crippen LogP contribution in [-0.2, 0) is 4.74 Å². The van der Waals surface area contributed by atoms with Crippen LogP contribution >= 0.6 is 0 Å². The summed E-state index contributed by atoms with van der Waals surface area (Å²) in [5.41, 5.74) is 3.46. The second-order valence-corrected chi connectivity index (χ2v) is 6.22. The van der Waals surface area contributed by atoms with Gasteiger partial charge in [-0.1, -0.05) is 13.8 Å². The standard InChI is InChI=1S/C18H20N4O2/c1-10(2)15-16(20-18(23)21-17(15)24-4)22-6-5-13-12(9-19)7-11(3)8-14(13)22/h5-8,10,17H,1-4H3,(H2,20,21,23). The van der Waals surface area contributed by atoms with E-state index in [0.29, 0.717) is 11.4 Å². The summed E-state index contributed by atoms with van der Waals surface area (Å²) < 4.78 is 7.37. The molecule has 0 saturated heterocycles. The first-order valence-corrected chi connectivity index (χ1v) is 7.82. The predicted molar refractivity (Wildman–Crippen MR) is 91.9 cm³/mol. The van der Waals surface area contributed by atoms with Crippen molar-refractivity contribution in [3.63, 3.8) is 0 Å².